The molecule has 96 valence electrons. The van der Waals surface area contributed by atoms with Gasteiger partial charge in [0, 0.05) is 5.33 Å². The summed E-state index contributed by atoms with van der Waals surface area (Å²) in [7, 11) is -1.08. The van der Waals surface area contributed by atoms with E-state index in [4.69, 9.17) is 4.43 Å². The van der Waals surface area contributed by atoms with Crippen LogP contribution in [-0.4, -0.2) is 9.04 Å². The number of hydrogen-bond acceptors (Lipinski definition) is 1. The standard InChI is InChI=1S/C13H20Br2OSi/c1-13(2,3)10-6-9(8-14)12(15)11(7-10)16-17(4)5/h6-7,17H,8H2,1-5H3. The summed E-state index contributed by atoms with van der Waals surface area (Å²) >= 11 is 7.17. The lowest BCUT2D eigenvalue weighted by molar-refractivity contribution is 0.556. The van der Waals surface area contributed by atoms with Gasteiger partial charge in [0.15, 0.2) is 0 Å². The predicted octanol–water partition coefficient (Wildman–Crippen LogP) is 5.00. The fourth-order valence-corrected chi connectivity index (χ4v) is 3.67. The van der Waals surface area contributed by atoms with E-state index in [0.717, 1.165) is 15.6 Å². The molecule has 4 heteroatoms. The molecule has 0 aliphatic carbocycles. The number of hydrogen-bond donors (Lipinski definition) is 0. The van der Waals surface area contributed by atoms with Crippen LogP contribution in [0.1, 0.15) is 31.9 Å². The summed E-state index contributed by atoms with van der Waals surface area (Å²) in [5, 5.41) is 0.841. The quantitative estimate of drug-likeness (QED) is 0.530. The highest BCUT2D eigenvalue weighted by Crippen LogP contribution is 2.36. The van der Waals surface area contributed by atoms with Crippen LogP contribution in [0.3, 0.4) is 0 Å². The maximum atomic E-state index is 5.99. The molecule has 0 unspecified atom stereocenters. The minimum absolute atomic E-state index is 0.147. The molecule has 0 amide bonds. The van der Waals surface area contributed by atoms with E-state index >= 15 is 0 Å². The third-order valence-electron chi connectivity index (χ3n) is 2.49. The summed E-state index contributed by atoms with van der Waals surface area (Å²) in [6.45, 7) is 11.1. The van der Waals surface area contributed by atoms with Crippen molar-refractivity contribution in [2.24, 2.45) is 0 Å². The third-order valence-corrected chi connectivity index (χ3v) is 4.72. The Kier molecular flexibility index (Phi) is 5.29. The molecule has 1 aromatic carbocycles. The van der Waals surface area contributed by atoms with Gasteiger partial charge in [-0.15, -0.1) is 0 Å². The van der Waals surface area contributed by atoms with Gasteiger partial charge in [-0.1, -0.05) is 42.8 Å². The molecule has 0 aliphatic heterocycles. The van der Waals surface area contributed by atoms with Crippen LogP contribution in [-0.2, 0) is 10.7 Å². The molecule has 0 spiro atoms. The molecule has 17 heavy (non-hydrogen) atoms. The van der Waals surface area contributed by atoms with Crippen LogP contribution in [0.15, 0.2) is 16.6 Å². The van der Waals surface area contributed by atoms with E-state index in [-0.39, 0.29) is 5.41 Å². The molecule has 1 aromatic rings. The molecule has 1 rings (SSSR count). The van der Waals surface area contributed by atoms with Gasteiger partial charge in [0.1, 0.15) is 5.75 Å². The van der Waals surface area contributed by atoms with Crippen molar-refractivity contribution >= 4 is 40.9 Å². The van der Waals surface area contributed by atoms with Gasteiger partial charge in [0.25, 0.3) is 0 Å². The Labute approximate surface area is 123 Å². The second-order valence-corrected chi connectivity index (χ2v) is 9.18. The van der Waals surface area contributed by atoms with E-state index in [0.29, 0.717) is 0 Å². The fourth-order valence-electron chi connectivity index (χ4n) is 1.53. The van der Waals surface area contributed by atoms with Crippen molar-refractivity contribution in [1.29, 1.82) is 0 Å². The average molecular weight is 380 g/mol. The lowest BCUT2D eigenvalue weighted by Gasteiger charge is -2.23. The normalized spacial score (nSPS) is 12.0. The zero-order chi connectivity index (χ0) is 13.2. The van der Waals surface area contributed by atoms with Crippen molar-refractivity contribution in [3.63, 3.8) is 0 Å². The smallest absolute Gasteiger partial charge is 0.229 e. The first-order valence-corrected chi connectivity index (χ1v) is 10.5. The summed E-state index contributed by atoms with van der Waals surface area (Å²) in [5.41, 5.74) is 2.72. The van der Waals surface area contributed by atoms with Crippen LogP contribution in [0.25, 0.3) is 0 Å². The second-order valence-electron chi connectivity index (χ2n) is 5.50. The fraction of sp³-hybridized carbons (Fsp3) is 0.538. The van der Waals surface area contributed by atoms with E-state index in [1.807, 2.05) is 0 Å². The molecule has 0 aromatic heterocycles. The van der Waals surface area contributed by atoms with Gasteiger partial charge >= 0.3 is 0 Å². The number of rotatable bonds is 3. The van der Waals surface area contributed by atoms with Crippen molar-refractivity contribution in [2.45, 2.75) is 44.6 Å². The first-order valence-electron chi connectivity index (χ1n) is 5.81. The maximum absolute atomic E-state index is 5.99. The number of halogens is 2. The topological polar surface area (TPSA) is 9.23 Å². The SMILES string of the molecule is C[SiH](C)Oc1cc(C(C)(C)C)cc(CBr)c1Br. The summed E-state index contributed by atoms with van der Waals surface area (Å²) < 4.78 is 7.08. The van der Waals surface area contributed by atoms with Crippen LogP contribution < -0.4 is 4.43 Å². The van der Waals surface area contributed by atoms with Gasteiger partial charge in [0.2, 0.25) is 9.04 Å². The summed E-state index contributed by atoms with van der Waals surface area (Å²) in [6.07, 6.45) is 0. The molecular formula is C13H20Br2OSi. The Morgan fingerprint density at radius 1 is 1.24 bits per heavy atom. The summed E-state index contributed by atoms with van der Waals surface area (Å²) in [6, 6.07) is 4.41. The minimum atomic E-state index is -1.08. The molecular weight excluding hydrogens is 360 g/mol. The zero-order valence-corrected chi connectivity index (χ0v) is 15.4. The Morgan fingerprint density at radius 3 is 2.24 bits per heavy atom. The monoisotopic (exact) mass is 378 g/mol. The second kappa shape index (κ2) is 5.89. The molecule has 0 atom stereocenters. The van der Waals surface area contributed by atoms with Crippen molar-refractivity contribution in [3.05, 3.63) is 27.7 Å². The van der Waals surface area contributed by atoms with Crippen LogP contribution in [0.4, 0.5) is 0 Å². The van der Waals surface area contributed by atoms with E-state index in [1.165, 1.54) is 11.1 Å². The number of alkyl halides is 1. The summed E-state index contributed by atoms with van der Waals surface area (Å²) in [4.78, 5) is 0. The molecule has 0 saturated carbocycles. The van der Waals surface area contributed by atoms with Crippen molar-refractivity contribution in [3.8, 4) is 5.75 Å². The molecule has 0 saturated heterocycles. The lowest BCUT2D eigenvalue weighted by Crippen LogP contribution is -2.15. The van der Waals surface area contributed by atoms with E-state index < -0.39 is 9.04 Å². The van der Waals surface area contributed by atoms with E-state index in [2.05, 4.69) is 77.9 Å². The van der Waals surface area contributed by atoms with Gasteiger partial charge < -0.3 is 4.43 Å². The van der Waals surface area contributed by atoms with Crippen molar-refractivity contribution in [1.82, 2.24) is 0 Å². The molecule has 0 heterocycles. The maximum Gasteiger partial charge on any atom is 0.229 e. The van der Waals surface area contributed by atoms with Crippen LogP contribution in [0, 0.1) is 0 Å². The molecule has 0 bridgehead atoms. The molecule has 1 nitrogen and oxygen atoms in total. The first kappa shape index (κ1) is 15.3. The Hall–Kier alpha value is 0.197. The zero-order valence-electron chi connectivity index (χ0n) is 11.1. The van der Waals surface area contributed by atoms with Crippen molar-refractivity contribution in [2.75, 3.05) is 0 Å². The molecule has 0 fully saturated rings. The Balaban J connectivity index is 3.28. The minimum Gasteiger partial charge on any atom is -0.546 e. The van der Waals surface area contributed by atoms with Gasteiger partial charge in [0.05, 0.1) is 4.47 Å². The van der Waals surface area contributed by atoms with E-state index in [1.54, 1.807) is 0 Å². The summed E-state index contributed by atoms with van der Waals surface area (Å²) in [5.74, 6) is 0.994. The highest BCUT2D eigenvalue weighted by molar-refractivity contribution is 9.11. The molecule has 0 radical (unpaired) electrons. The predicted molar refractivity (Wildman–Crippen MR) is 85.0 cm³/mol. The number of benzene rings is 1. The third kappa shape index (κ3) is 4.11. The van der Waals surface area contributed by atoms with Gasteiger partial charge in [-0.25, -0.2) is 0 Å². The Morgan fingerprint density at radius 2 is 1.82 bits per heavy atom. The first-order chi connectivity index (χ1) is 7.75. The van der Waals surface area contributed by atoms with Gasteiger partial charge in [-0.3, -0.25) is 0 Å². The highest BCUT2D eigenvalue weighted by Gasteiger charge is 2.18. The van der Waals surface area contributed by atoms with Gasteiger partial charge in [-0.2, -0.15) is 0 Å². The van der Waals surface area contributed by atoms with Gasteiger partial charge in [-0.05, 0) is 51.6 Å². The molecule has 0 N–H and O–H groups in total. The largest absolute Gasteiger partial charge is 0.546 e. The molecule has 0 aliphatic rings. The van der Waals surface area contributed by atoms with Crippen molar-refractivity contribution < 1.29 is 4.43 Å². The lowest BCUT2D eigenvalue weighted by atomic mass is 9.86. The Bertz CT molecular complexity index is 397. The van der Waals surface area contributed by atoms with Crippen LogP contribution in [0.2, 0.25) is 13.1 Å². The van der Waals surface area contributed by atoms with Crippen LogP contribution in [0.5, 0.6) is 5.75 Å². The highest BCUT2D eigenvalue weighted by atomic mass is 79.9. The van der Waals surface area contributed by atoms with E-state index in [9.17, 15) is 0 Å². The van der Waals surface area contributed by atoms with Crippen LogP contribution >= 0.6 is 31.9 Å². The average Bonchev–Trinajstić information content (AvgIpc) is 2.18.